The Labute approximate surface area is 182 Å². The second-order valence-corrected chi connectivity index (χ2v) is 7.31. The molecule has 0 radical (unpaired) electrons. The standard InChI is InChI=1S/C23H20FN3O5/c24-16-7-9-17(10-8-16)27-22(30)19(25-23(27)31)12-21(29)26(14-18-5-3-11-32-18)13-15-4-1-2-6-20(15)28/h1-11,19,28H,12-14H2,(H,25,31). The number of phenolic OH excluding ortho intramolecular Hbond substituents is 1. The normalized spacial score (nSPS) is 15.7. The number of amides is 4. The molecule has 2 heterocycles. The maximum atomic E-state index is 13.2. The summed E-state index contributed by atoms with van der Waals surface area (Å²) in [5.74, 6) is -0.939. The molecule has 9 heteroatoms. The van der Waals surface area contributed by atoms with E-state index in [0.717, 1.165) is 17.0 Å². The van der Waals surface area contributed by atoms with Crippen LogP contribution in [0.25, 0.3) is 0 Å². The Balaban J connectivity index is 1.51. The van der Waals surface area contributed by atoms with Gasteiger partial charge in [-0.2, -0.15) is 0 Å². The molecule has 0 aliphatic carbocycles. The van der Waals surface area contributed by atoms with Gasteiger partial charge in [-0.3, -0.25) is 9.59 Å². The summed E-state index contributed by atoms with van der Waals surface area (Å²) < 4.78 is 18.5. The summed E-state index contributed by atoms with van der Waals surface area (Å²) in [6.45, 7) is 0.208. The van der Waals surface area contributed by atoms with Crippen LogP contribution in [0.15, 0.2) is 71.3 Å². The molecule has 1 fully saturated rings. The number of nitrogens with zero attached hydrogens (tertiary/aromatic N) is 2. The van der Waals surface area contributed by atoms with Crippen LogP contribution in [0.5, 0.6) is 5.75 Å². The van der Waals surface area contributed by atoms with Gasteiger partial charge < -0.3 is 19.7 Å². The Morgan fingerprint density at radius 3 is 2.50 bits per heavy atom. The van der Waals surface area contributed by atoms with Gasteiger partial charge >= 0.3 is 6.03 Å². The molecular weight excluding hydrogens is 417 g/mol. The average Bonchev–Trinajstić information content (AvgIpc) is 3.38. The van der Waals surface area contributed by atoms with Crippen molar-refractivity contribution in [2.24, 2.45) is 0 Å². The van der Waals surface area contributed by atoms with Crippen LogP contribution in [-0.4, -0.2) is 33.9 Å². The van der Waals surface area contributed by atoms with Gasteiger partial charge in [0.25, 0.3) is 5.91 Å². The van der Waals surface area contributed by atoms with Crippen molar-refractivity contribution in [3.8, 4) is 5.75 Å². The van der Waals surface area contributed by atoms with E-state index in [2.05, 4.69) is 5.32 Å². The maximum Gasteiger partial charge on any atom is 0.329 e. The number of benzene rings is 2. The van der Waals surface area contributed by atoms with Crippen LogP contribution in [0, 0.1) is 5.82 Å². The van der Waals surface area contributed by atoms with Crippen molar-refractivity contribution >= 4 is 23.5 Å². The van der Waals surface area contributed by atoms with Gasteiger partial charge in [-0.25, -0.2) is 14.1 Å². The van der Waals surface area contributed by atoms with E-state index in [0.29, 0.717) is 11.3 Å². The van der Waals surface area contributed by atoms with Crippen LogP contribution in [0.3, 0.4) is 0 Å². The van der Waals surface area contributed by atoms with Gasteiger partial charge in [0.05, 0.1) is 24.9 Å². The van der Waals surface area contributed by atoms with E-state index < -0.39 is 29.7 Å². The number of anilines is 1. The van der Waals surface area contributed by atoms with Crippen molar-refractivity contribution < 1.29 is 28.3 Å². The highest BCUT2D eigenvalue weighted by atomic mass is 19.1. The Morgan fingerprint density at radius 2 is 1.81 bits per heavy atom. The first-order chi connectivity index (χ1) is 15.4. The third-order valence-electron chi connectivity index (χ3n) is 5.12. The van der Waals surface area contributed by atoms with Crippen molar-refractivity contribution in [2.45, 2.75) is 25.6 Å². The van der Waals surface area contributed by atoms with Crippen LogP contribution in [0.4, 0.5) is 14.9 Å². The zero-order valence-electron chi connectivity index (χ0n) is 16.9. The van der Waals surface area contributed by atoms with Crippen molar-refractivity contribution in [1.82, 2.24) is 10.2 Å². The van der Waals surface area contributed by atoms with Crippen LogP contribution in [0.1, 0.15) is 17.7 Å². The molecule has 32 heavy (non-hydrogen) atoms. The molecule has 1 aromatic heterocycles. The maximum absolute atomic E-state index is 13.2. The highest BCUT2D eigenvalue weighted by Crippen LogP contribution is 2.23. The number of hydrogen-bond donors (Lipinski definition) is 2. The number of carbonyl (C=O) groups excluding carboxylic acids is 3. The van der Waals surface area contributed by atoms with Gasteiger partial charge in [-0.05, 0) is 42.5 Å². The lowest BCUT2D eigenvalue weighted by atomic mass is 10.1. The van der Waals surface area contributed by atoms with E-state index in [-0.39, 0.29) is 30.9 Å². The van der Waals surface area contributed by atoms with Crippen molar-refractivity contribution in [1.29, 1.82) is 0 Å². The number of halogens is 1. The summed E-state index contributed by atoms with van der Waals surface area (Å²) in [6, 6.07) is 13.2. The first-order valence-corrected chi connectivity index (χ1v) is 9.89. The number of imide groups is 1. The van der Waals surface area contributed by atoms with E-state index in [1.165, 1.54) is 29.4 Å². The topological polar surface area (TPSA) is 103 Å². The number of carbonyl (C=O) groups is 3. The first kappa shape index (κ1) is 21.1. The molecule has 0 spiro atoms. The van der Waals surface area contributed by atoms with Gasteiger partial charge in [-0.15, -0.1) is 0 Å². The lowest BCUT2D eigenvalue weighted by Crippen LogP contribution is -2.38. The third kappa shape index (κ3) is 4.46. The van der Waals surface area contributed by atoms with E-state index in [1.54, 1.807) is 30.3 Å². The molecule has 1 atom stereocenters. The van der Waals surface area contributed by atoms with Crippen LogP contribution in [0.2, 0.25) is 0 Å². The van der Waals surface area contributed by atoms with Crippen molar-refractivity contribution in [2.75, 3.05) is 4.90 Å². The fourth-order valence-electron chi connectivity index (χ4n) is 3.48. The monoisotopic (exact) mass is 437 g/mol. The number of urea groups is 1. The fourth-order valence-corrected chi connectivity index (χ4v) is 3.48. The lowest BCUT2D eigenvalue weighted by Gasteiger charge is -2.23. The van der Waals surface area contributed by atoms with Gasteiger partial charge in [0.2, 0.25) is 5.91 Å². The van der Waals surface area contributed by atoms with E-state index >= 15 is 0 Å². The van der Waals surface area contributed by atoms with Gasteiger partial charge in [-0.1, -0.05) is 18.2 Å². The highest BCUT2D eigenvalue weighted by molar-refractivity contribution is 6.22. The Kier molecular flexibility index (Phi) is 5.89. The summed E-state index contributed by atoms with van der Waals surface area (Å²) in [6.07, 6.45) is 1.20. The molecule has 0 bridgehead atoms. The summed E-state index contributed by atoms with van der Waals surface area (Å²) in [4.78, 5) is 40.6. The molecule has 8 nitrogen and oxygen atoms in total. The number of rotatable bonds is 7. The molecule has 2 aromatic carbocycles. The molecule has 1 saturated heterocycles. The van der Waals surface area contributed by atoms with Crippen molar-refractivity contribution in [3.63, 3.8) is 0 Å². The quantitative estimate of drug-likeness (QED) is 0.553. The minimum Gasteiger partial charge on any atom is -0.508 e. The summed E-state index contributed by atoms with van der Waals surface area (Å²) in [5, 5.41) is 12.6. The predicted molar refractivity (Wildman–Crippen MR) is 112 cm³/mol. The van der Waals surface area contributed by atoms with E-state index in [1.807, 2.05) is 0 Å². The van der Waals surface area contributed by atoms with E-state index in [4.69, 9.17) is 4.42 Å². The van der Waals surface area contributed by atoms with Crippen LogP contribution in [-0.2, 0) is 22.7 Å². The zero-order chi connectivity index (χ0) is 22.7. The van der Waals surface area contributed by atoms with Gasteiger partial charge in [0.15, 0.2) is 0 Å². The number of para-hydroxylation sites is 1. The molecule has 4 rings (SSSR count). The molecule has 164 valence electrons. The smallest absolute Gasteiger partial charge is 0.329 e. The van der Waals surface area contributed by atoms with Crippen LogP contribution < -0.4 is 10.2 Å². The SMILES string of the molecule is O=C(CC1NC(=O)N(c2ccc(F)cc2)C1=O)N(Cc1ccco1)Cc1ccccc1O. The largest absolute Gasteiger partial charge is 0.508 e. The summed E-state index contributed by atoms with van der Waals surface area (Å²) in [7, 11) is 0. The highest BCUT2D eigenvalue weighted by Gasteiger charge is 2.40. The lowest BCUT2D eigenvalue weighted by molar-refractivity contribution is -0.135. The number of phenols is 1. The van der Waals surface area contributed by atoms with Crippen molar-refractivity contribution in [3.05, 3.63) is 84.1 Å². The Morgan fingerprint density at radius 1 is 1.06 bits per heavy atom. The molecule has 2 N–H and O–H groups in total. The molecule has 3 aromatic rings. The number of nitrogens with one attached hydrogen (secondary N) is 1. The van der Waals surface area contributed by atoms with Gasteiger partial charge in [0.1, 0.15) is 23.4 Å². The molecular formula is C23H20FN3O5. The van der Waals surface area contributed by atoms with Gasteiger partial charge in [0, 0.05) is 12.1 Å². The molecule has 4 amide bonds. The third-order valence-corrected chi connectivity index (χ3v) is 5.12. The first-order valence-electron chi connectivity index (χ1n) is 9.89. The second-order valence-electron chi connectivity index (χ2n) is 7.31. The Hall–Kier alpha value is -4.14. The summed E-state index contributed by atoms with van der Waals surface area (Å²) >= 11 is 0. The predicted octanol–water partition coefficient (Wildman–Crippen LogP) is 3.17. The van der Waals surface area contributed by atoms with E-state index in [9.17, 15) is 23.9 Å². The fraction of sp³-hybridized carbons (Fsp3) is 0.174. The zero-order valence-corrected chi connectivity index (χ0v) is 16.9. The Bertz CT molecular complexity index is 1130. The summed E-state index contributed by atoms with van der Waals surface area (Å²) in [5.41, 5.74) is 0.743. The average molecular weight is 437 g/mol. The molecule has 0 saturated carbocycles. The minimum absolute atomic E-state index is 0.0393. The molecule has 1 unspecified atom stereocenters. The number of aromatic hydroxyl groups is 1. The molecule has 1 aliphatic heterocycles. The second kappa shape index (κ2) is 8.93. The minimum atomic E-state index is -1.07. The van der Waals surface area contributed by atoms with Crippen LogP contribution >= 0.6 is 0 Å². The number of hydrogen-bond acceptors (Lipinski definition) is 5. The number of furan rings is 1. The molecule has 1 aliphatic rings.